The molecular formula is C21H24FN5O. The fourth-order valence-corrected chi connectivity index (χ4v) is 4.12. The van der Waals surface area contributed by atoms with E-state index in [2.05, 4.69) is 25.0 Å². The normalized spacial score (nSPS) is 21.2. The number of alkyl halides is 1. The summed E-state index contributed by atoms with van der Waals surface area (Å²) in [5, 5.41) is 13.4. The number of nitriles is 1. The van der Waals surface area contributed by atoms with Crippen LogP contribution < -0.4 is 4.90 Å². The SMILES string of the molecule is CC(C)Cn1nccc1-c1ccc2c(c1)CCN2C(=O)C1(F)CCN(C#N)C1. The summed E-state index contributed by atoms with van der Waals surface area (Å²) in [6, 6.07) is 7.95. The molecule has 0 bridgehead atoms. The number of benzene rings is 1. The van der Waals surface area contributed by atoms with E-state index in [1.807, 2.05) is 29.1 Å². The molecule has 1 fully saturated rings. The highest BCUT2D eigenvalue weighted by molar-refractivity contribution is 6.01. The number of aromatic nitrogens is 2. The molecule has 2 aliphatic heterocycles. The first-order chi connectivity index (χ1) is 13.4. The van der Waals surface area contributed by atoms with E-state index in [0.29, 0.717) is 18.9 Å². The molecule has 0 N–H and O–H groups in total. The molecule has 146 valence electrons. The van der Waals surface area contributed by atoms with Gasteiger partial charge in [-0.25, -0.2) is 4.39 Å². The Morgan fingerprint density at radius 1 is 1.36 bits per heavy atom. The van der Waals surface area contributed by atoms with Crippen molar-refractivity contribution in [2.24, 2.45) is 5.92 Å². The molecule has 1 amide bonds. The van der Waals surface area contributed by atoms with Crippen LogP contribution in [0.25, 0.3) is 11.3 Å². The number of carbonyl (C=O) groups is 1. The average Bonchev–Trinajstić information content (AvgIpc) is 3.38. The van der Waals surface area contributed by atoms with E-state index < -0.39 is 11.6 Å². The number of likely N-dealkylation sites (tertiary alicyclic amines) is 1. The molecule has 0 spiro atoms. The molecule has 1 aromatic carbocycles. The predicted molar refractivity (Wildman–Crippen MR) is 104 cm³/mol. The largest absolute Gasteiger partial charge is 0.309 e. The summed E-state index contributed by atoms with van der Waals surface area (Å²) in [7, 11) is 0. The number of halogens is 1. The highest BCUT2D eigenvalue weighted by atomic mass is 19.1. The maximum atomic E-state index is 15.2. The van der Waals surface area contributed by atoms with Crippen molar-refractivity contribution in [3.8, 4) is 17.5 Å². The third-order valence-electron chi connectivity index (χ3n) is 5.51. The van der Waals surface area contributed by atoms with Crippen molar-refractivity contribution >= 4 is 11.6 Å². The van der Waals surface area contributed by atoms with Crippen LogP contribution in [0.1, 0.15) is 25.8 Å². The molecular weight excluding hydrogens is 357 g/mol. The number of hydrogen-bond acceptors (Lipinski definition) is 4. The first-order valence-corrected chi connectivity index (χ1v) is 9.72. The summed E-state index contributed by atoms with van der Waals surface area (Å²) in [5.41, 5.74) is 1.94. The van der Waals surface area contributed by atoms with Crippen molar-refractivity contribution in [1.29, 1.82) is 5.26 Å². The fraction of sp³-hybridized carbons (Fsp3) is 0.476. The molecule has 4 rings (SSSR count). The lowest BCUT2D eigenvalue weighted by molar-refractivity contribution is -0.129. The molecule has 0 radical (unpaired) electrons. The smallest absolute Gasteiger partial charge is 0.266 e. The Balaban J connectivity index is 1.59. The van der Waals surface area contributed by atoms with Crippen LogP contribution in [0, 0.1) is 17.4 Å². The van der Waals surface area contributed by atoms with Gasteiger partial charge < -0.3 is 9.80 Å². The molecule has 1 aromatic heterocycles. The molecule has 1 atom stereocenters. The van der Waals surface area contributed by atoms with Gasteiger partial charge in [-0.1, -0.05) is 19.9 Å². The molecule has 3 heterocycles. The summed E-state index contributed by atoms with van der Waals surface area (Å²) in [4.78, 5) is 15.7. The lowest BCUT2D eigenvalue weighted by Crippen LogP contribution is -2.47. The Hall–Kier alpha value is -2.88. The summed E-state index contributed by atoms with van der Waals surface area (Å²) in [6.45, 7) is 5.76. The summed E-state index contributed by atoms with van der Waals surface area (Å²) >= 11 is 0. The molecule has 2 aromatic rings. The van der Waals surface area contributed by atoms with Gasteiger partial charge in [0.15, 0.2) is 6.19 Å². The number of hydrogen-bond donors (Lipinski definition) is 0. The van der Waals surface area contributed by atoms with Crippen molar-refractivity contribution in [2.45, 2.75) is 38.9 Å². The minimum atomic E-state index is -1.98. The van der Waals surface area contributed by atoms with Crippen LogP contribution in [0.2, 0.25) is 0 Å². The highest BCUT2D eigenvalue weighted by Crippen LogP contribution is 2.36. The van der Waals surface area contributed by atoms with Gasteiger partial charge >= 0.3 is 0 Å². The molecule has 6 nitrogen and oxygen atoms in total. The van der Waals surface area contributed by atoms with Crippen LogP contribution in [0.4, 0.5) is 10.1 Å². The van der Waals surface area contributed by atoms with E-state index >= 15 is 4.39 Å². The summed E-state index contributed by atoms with van der Waals surface area (Å²) in [5.74, 6) is -0.0390. The Morgan fingerprint density at radius 3 is 2.89 bits per heavy atom. The fourth-order valence-electron chi connectivity index (χ4n) is 4.12. The van der Waals surface area contributed by atoms with Gasteiger partial charge in [0.2, 0.25) is 5.67 Å². The van der Waals surface area contributed by atoms with Crippen molar-refractivity contribution in [3.63, 3.8) is 0 Å². The molecule has 0 saturated carbocycles. The third-order valence-corrected chi connectivity index (χ3v) is 5.51. The molecule has 7 heteroatoms. The van der Waals surface area contributed by atoms with E-state index in [1.54, 1.807) is 11.1 Å². The second-order valence-electron chi connectivity index (χ2n) is 8.08. The second-order valence-corrected chi connectivity index (χ2v) is 8.08. The maximum absolute atomic E-state index is 15.2. The number of carbonyl (C=O) groups excluding carboxylic acids is 1. The van der Waals surface area contributed by atoms with Crippen molar-refractivity contribution in [1.82, 2.24) is 14.7 Å². The van der Waals surface area contributed by atoms with Crippen LogP contribution in [0.15, 0.2) is 30.5 Å². The summed E-state index contributed by atoms with van der Waals surface area (Å²) in [6.07, 6.45) is 4.51. The van der Waals surface area contributed by atoms with Crippen LogP contribution in [-0.4, -0.2) is 45.9 Å². The zero-order chi connectivity index (χ0) is 19.9. The molecule has 1 saturated heterocycles. The van der Waals surface area contributed by atoms with Gasteiger partial charge in [0.05, 0.1) is 12.2 Å². The molecule has 28 heavy (non-hydrogen) atoms. The van der Waals surface area contributed by atoms with E-state index in [1.165, 1.54) is 4.90 Å². The monoisotopic (exact) mass is 381 g/mol. The quantitative estimate of drug-likeness (QED) is 0.764. The van der Waals surface area contributed by atoms with Crippen LogP contribution in [0.3, 0.4) is 0 Å². The topological polar surface area (TPSA) is 65.2 Å². The van der Waals surface area contributed by atoms with Gasteiger partial charge in [-0.05, 0) is 36.1 Å². The van der Waals surface area contributed by atoms with Gasteiger partial charge in [-0.3, -0.25) is 9.48 Å². The number of rotatable bonds is 4. The van der Waals surface area contributed by atoms with E-state index in [-0.39, 0.29) is 19.5 Å². The third kappa shape index (κ3) is 3.13. The van der Waals surface area contributed by atoms with Crippen molar-refractivity contribution in [2.75, 3.05) is 24.5 Å². The zero-order valence-corrected chi connectivity index (χ0v) is 16.2. The van der Waals surface area contributed by atoms with Gasteiger partial charge in [0.25, 0.3) is 5.91 Å². The Morgan fingerprint density at radius 2 is 2.18 bits per heavy atom. The van der Waals surface area contributed by atoms with Gasteiger partial charge in [-0.2, -0.15) is 10.4 Å². The lowest BCUT2D eigenvalue weighted by Gasteiger charge is -2.25. The van der Waals surface area contributed by atoms with Crippen molar-refractivity contribution in [3.05, 3.63) is 36.0 Å². The number of amides is 1. The first kappa shape index (κ1) is 18.5. The number of fused-ring (bicyclic) bond motifs is 1. The van der Waals surface area contributed by atoms with E-state index in [0.717, 1.165) is 29.1 Å². The first-order valence-electron chi connectivity index (χ1n) is 9.72. The van der Waals surface area contributed by atoms with Crippen LogP contribution in [0.5, 0.6) is 0 Å². The molecule has 2 aliphatic rings. The average molecular weight is 381 g/mol. The number of anilines is 1. The van der Waals surface area contributed by atoms with E-state index in [4.69, 9.17) is 5.26 Å². The van der Waals surface area contributed by atoms with Crippen molar-refractivity contribution < 1.29 is 9.18 Å². The van der Waals surface area contributed by atoms with Crippen LogP contribution >= 0.6 is 0 Å². The lowest BCUT2D eigenvalue weighted by atomic mass is 10.0. The predicted octanol–water partition coefficient (Wildman–Crippen LogP) is 2.99. The Labute approximate surface area is 164 Å². The van der Waals surface area contributed by atoms with Gasteiger partial charge in [0.1, 0.15) is 0 Å². The Bertz CT molecular complexity index is 947. The summed E-state index contributed by atoms with van der Waals surface area (Å²) < 4.78 is 17.2. The minimum Gasteiger partial charge on any atom is -0.309 e. The highest BCUT2D eigenvalue weighted by Gasteiger charge is 2.48. The minimum absolute atomic E-state index is 0.0672. The second kappa shape index (κ2) is 6.93. The molecule has 1 unspecified atom stereocenters. The molecule has 0 aliphatic carbocycles. The van der Waals surface area contributed by atoms with Gasteiger partial charge in [-0.15, -0.1) is 0 Å². The van der Waals surface area contributed by atoms with Gasteiger partial charge in [0, 0.05) is 43.5 Å². The van der Waals surface area contributed by atoms with E-state index in [9.17, 15) is 4.79 Å². The number of nitrogens with zero attached hydrogens (tertiary/aromatic N) is 5. The zero-order valence-electron chi connectivity index (χ0n) is 16.2. The maximum Gasteiger partial charge on any atom is 0.266 e. The standard InChI is InChI=1S/C21H24FN5O/c1-15(2)12-27-19(5-8-24-27)16-3-4-18-17(11-16)6-9-26(18)20(28)21(22)7-10-25(13-21)14-23/h3-5,8,11,15H,6-7,9-10,12-13H2,1-2H3. The Kier molecular flexibility index (Phi) is 4.58. The van der Waals surface area contributed by atoms with Crippen LogP contribution in [-0.2, 0) is 17.8 Å².